The second kappa shape index (κ2) is 4.61. The van der Waals surface area contributed by atoms with Gasteiger partial charge in [-0.25, -0.2) is 9.48 Å². The van der Waals surface area contributed by atoms with Crippen LogP contribution in [-0.2, 0) is 0 Å². The number of hydrogen-bond donors (Lipinski definition) is 1. The first-order valence-electron chi connectivity index (χ1n) is 5.92. The van der Waals surface area contributed by atoms with E-state index in [2.05, 4.69) is 10.3 Å². The molecule has 6 heteroatoms. The zero-order valence-electron chi connectivity index (χ0n) is 10.5. The monoisotopic (exact) mass is 287 g/mol. The summed E-state index contributed by atoms with van der Waals surface area (Å²) in [4.78, 5) is 11.3. The average molecular weight is 288 g/mol. The van der Waals surface area contributed by atoms with Crippen molar-refractivity contribution in [3.8, 4) is 5.69 Å². The van der Waals surface area contributed by atoms with Crippen molar-refractivity contribution < 1.29 is 9.90 Å². The minimum atomic E-state index is -1.03. The van der Waals surface area contributed by atoms with E-state index < -0.39 is 5.97 Å². The Balaban J connectivity index is 2.34. The topological polar surface area (TPSA) is 68.0 Å². The molecule has 0 saturated carbocycles. The van der Waals surface area contributed by atoms with E-state index in [9.17, 15) is 9.90 Å². The smallest absolute Gasteiger partial charge is 0.337 e. The molecule has 1 aromatic heterocycles. The number of hydrogen-bond acceptors (Lipinski definition) is 3. The lowest BCUT2D eigenvalue weighted by Crippen LogP contribution is -2.04. The third-order valence-corrected chi connectivity index (χ3v) is 3.33. The van der Waals surface area contributed by atoms with Crippen molar-refractivity contribution in [2.24, 2.45) is 0 Å². The van der Waals surface area contributed by atoms with Gasteiger partial charge in [0.25, 0.3) is 0 Å². The number of para-hydroxylation sites is 1. The van der Waals surface area contributed by atoms with E-state index in [1.165, 1.54) is 10.7 Å². The summed E-state index contributed by atoms with van der Waals surface area (Å²) in [6.07, 6.45) is 0. The maximum atomic E-state index is 11.3. The molecule has 2 aromatic carbocycles. The fraction of sp³-hybridized carbons (Fsp3) is 0.0714. The molecular formula is C14H10ClN3O2. The summed E-state index contributed by atoms with van der Waals surface area (Å²) in [7, 11) is 0. The zero-order chi connectivity index (χ0) is 14.3. The maximum absolute atomic E-state index is 11.3. The standard InChI is InChI=1S/C14H10ClN3O2/c1-8-5-6-12(10(15)7-8)18-13-9(14(19)20)3-2-4-11(13)16-17-18/h2-7H,1H3,(H,19,20). The van der Waals surface area contributed by atoms with Crippen LogP contribution in [0.1, 0.15) is 15.9 Å². The minimum Gasteiger partial charge on any atom is -0.478 e. The molecule has 3 rings (SSSR count). The number of halogens is 1. The van der Waals surface area contributed by atoms with Crippen molar-refractivity contribution in [2.45, 2.75) is 6.92 Å². The lowest BCUT2D eigenvalue weighted by molar-refractivity contribution is 0.0698. The first-order valence-corrected chi connectivity index (χ1v) is 6.30. The van der Waals surface area contributed by atoms with E-state index >= 15 is 0 Å². The molecule has 20 heavy (non-hydrogen) atoms. The average Bonchev–Trinajstić information content (AvgIpc) is 2.82. The normalized spacial score (nSPS) is 10.9. The van der Waals surface area contributed by atoms with Gasteiger partial charge in [0.1, 0.15) is 11.0 Å². The van der Waals surface area contributed by atoms with E-state index in [4.69, 9.17) is 11.6 Å². The number of rotatable bonds is 2. The van der Waals surface area contributed by atoms with Gasteiger partial charge < -0.3 is 5.11 Å². The minimum absolute atomic E-state index is 0.143. The SMILES string of the molecule is Cc1ccc(-n2nnc3cccc(C(=O)O)c32)c(Cl)c1. The lowest BCUT2D eigenvalue weighted by Gasteiger charge is -2.07. The second-order valence-corrected chi connectivity index (χ2v) is 4.84. The molecule has 0 fully saturated rings. The summed E-state index contributed by atoms with van der Waals surface area (Å²) in [6.45, 7) is 1.93. The van der Waals surface area contributed by atoms with Crippen LogP contribution in [-0.4, -0.2) is 26.1 Å². The molecule has 0 spiro atoms. The van der Waals surface area contributed by atoms with E-state index in [0.717, 1.165) is 5.56 Å². The number of nitrogens with zero attached hydrogens (tertiary/aromatic N) is 3. The maximum Gasteiger partial charge on any atom is 0.337 e. The van der Waals surface area contributed by atoms with Gasteiger partial charge in [-0.1, -0.05) is 28.9 Å². The molecule has 0 amide bonds. The second-order valence-electron chi connectivity index (χ2n) is 4.43. The number of carbonyl (C=O) groups is 1. The molecule has 0 aliphatic rings. The summed E-state index contributed by atoms with van der Waals surface area (Å²) < 4.78 is 1.46. The molecule has 1 N–H and O–H groups in total. The van der Waals surface area contributed by atoms with Gasteiger partial charge in [0, 0.05) is 0 Å². The molecular weight excluding hydrogens is 278 g/mol. The summed E-state index contributed by atoms with van der Waals surface area (Å²) in [5, 5.41) is 17.8. The van der Waals surface area contributed by atoms with E-state index in [-0.39, 0.29) is 5.56 Å². The lowest BCUT2D eigenvalue weighted by atomic mass is 10.1. The zero-order valence-corrected chi connectivity index (χ0v) is 11.3. The number of aryl methyl sites for hydroxylation is 1. The Morgan fingerprint density at radius 3 is 2.80 bits per heavy atom. The van der Waals surface area contributed by atoms with Gasteiger partial charge in [0.15, 0.2) is 0 Å². The van der Waals surface area contributed by atoms with Crippen LogP contribution in [0.4, 0.5) is 0 Å². The van der Waals surface area contributed by atoms with Crippen LogP contribution in [0.3, 0.4) is 0 Å². The highest BCUT2D eigenvalue weighted by Gasteiger charge is 2.16. The molecule has 0 saturated heterocycles. The van der Waals surface area contributed by atoms with Crippen LogP contribution in [0, 0.1) is 6.92 Å². The molecule has 0 radical (unpaired) electrons. The summed E-state index contributed by atoms with van der Waals surface area (Å²) in [6, 6.07) is 10.4. The predicted octanol–water partition coefficient (Wildman–Crippen LogP) is 3.08. The van der Waals surface area contributed by atoms with Crippen LogP contribution in [0.2, 0.25) is 5.02 Å². The van der Waals surface area contributed by atoms with Gasteiger partial charge in [0.2, 0.25) is 0 Å². The third kappa shape index (κ3) is 1.92. The number of carboxylic acids is 1. The highest BCUT2D eigenvalue weighted by Crippen LogP contribution is 2.26. The highest BCUT2D eigenvalue weighted by molar-refractivity contribution is 6.32. The van der Waals surface area contributed by atoms with E-state index in [1.807, 2.05) is 13.0 Å². The van der Waals surface area contributed by atoms with Gasteiger partial charge in [0.05, 0.1) is 16.3 Å². The van der Waals surface area contributed by atoms with E-state index in [1.54, 1.807) is 24.3 Å². The first-order chi connectivity index (χ1) is 9.58. The molecule has 5 nitrogen and oxygen atoms in total. The fourth-order valence-corrected chi connectivity index (χ4v) is 2.41. The van der Waals surface area contributed by atoms with Crippen molar-refractivity contribution >= 4 is 28.6 Å². The van der Waals surface area contributed by atoms with Crippen molar-refractivity contribution in [2.75, 3.05) is 0 Å². The van der Waals surface area contributed by atoms with Crippen molar-refractivity contribution in [1.29, 1.82) is 0 Å². The fourth-order valence-electron chi connectivity index (χ4n) is 2.10. The summed E-state index contributed by atoms with van der Waals surface area (Å²) in [5.74, 6) is -1.03. The predicted molar refractivity (Wildman–Crippen MR) is 75.6 cm³/mol. The van der Waals surface area contributed by atoms with Gasteiger partial charge >= 0.3 is 5.97 Å². The van der Waals surface area contributed by atoms with Gasteiger partial charge in [-0.15, -0.1) is 5.10 Å². The van der Waals surface area contributed by atoms with Crippen LogP contribution in [0.25, 0.3) is 16.7 Å². The number of fused-ring (bicyclic) bond motifs is 1. The molecule has 0 bridgehead atoms. The Kier molecular flexibility index (Phi) is 2.91. The first kappa shape index (κ1) is 12.6. The molecule has 0 unspecified atom stereocenters. The Morgan fingerprint density at radius 1 is 1.30 bits per heavy atom. The number of aromatic carboxylic acids is 1. The van der Waals surface area contributed by atoms with Gasteiger partial charge in [-0.05, 0) is 36.8 Å². The van der Waals surface area contributed by atoms with E-state index in [0.29, 0.717) is 21.7 Å². The van der Waals surface area contributed by atoms with Crippen molar-refractivity contribution in [3.63, 3.8) is 0 Å². The van der Waals surface area contributed by atoms with Crippen LogP contribution in [0.15, 0.2) is 36.4 Å². The Morgan fingerprint density at radius 2 is 2.10 bits per heavy atom. The van der Waals surface area contributed by atoms with Crippen molar-refractivity contribution in [1.82, 2.24) is 15.0 Å². The Hall–Kier alpha value is -2.40. The third-order valence-electron chi connectivity index (χ3n) is 3.03. The summed E-state index contributed by atoms with van der Waals surface area (Å²) in [5.41, 5.74) is 2.71. The molecule has 1 heterocycles. The number of benzene rings is 2. The molecule has 0 atom stereocenters. The Bertz CT molecular complexity index is 826. The Labute approximate surface area is 119 Å². The molecule has 0 aliphatic heterocycles. The summed E-state index contributed by atoms with van der Waals surface area (Å²) >= 11 is 6.22. The molecule has 100 valence electrons. The van der Waals surface area contributed by atoms with Crippen LogP contribution in [0.5, 0.6) is 0 Å². The van der Waals surface area contributed by atoms with Crippen molar-refractivity contribution in [3.05, 3.63) is 52.5 Å². The van der Waals surface area contributed by atoms with Crippen LogP contribution < -0.4 is 0 Å². The molecule has 0 aliphatic carbocycles. The van der Waals surface area contributed by atoms with Gasteiger partial charge in [-0.3, -0.25) is 0 Å². The van der Waals surface area contributed by atoms with Crippen LogP contribution >= 0.6 is 11.6 Å². The largest absolute Gasteiger partial charge is 0.478 e. The number of carboxylic acid groups (broad SMARTS) is 1. The highest BCUT2D eigenvalue weighted by atomic mass is 35.5. The number of aromatic nitrogens is 3. The van der Waals surface area contributed by atoms with Gasteiger partial charge in [-0.2, -0.15) is 0 Å². The quantitative estimate of drug-likeness (QED) is 0.786. The molecule has 3 aromatic rings.